The zero-order valence-corrected chi connectivity index (χ0v) is 15.9. The van der Waals surface area contributed by atoms with Gasteiger partial charge in [-0.25, -0.2) is 9.59 Å². The maximum Gasteiger partial charge on any atom is 0.338 e. The number of ether oxygens (including phenoxy) is 2. The van der Waals surface area contributed by atoms with Gasteiger partial charge >= 0.3 is 23.7 Å². The quantitative estimate of drug-likeness (QED) is 0.383. The number of aryl methyl sites for hydroxylation is 1. The van der Waals surface area contributed by atoms with Gasteiger partial charge in [-0.15, -0.1) is 0 Å². The smallest absolute Gasteiger partial charge is 0.338 e. The summed E-state index contributed by atoms with van der Waals surface area (Å²) in [5, 5.41) is 20.0. The molecule has 28 heavy (non-hydrogen) atoms. The van der Waals surface area contributed by atoms with E-state index in [1.54, 1.807) is 13.8 Å². The largest absolute Gasteiger partial charge is 0.463 e. The van der Waals surface area contributed by atoms with Crippen molar-refractivity contribution in [1.82, 2.24) is 20.4 Å². The maximum atomic E-state index is 12.1. The summed E-state index contributed by atoms with van der Waals surface area (Å²) >= 11 is 0. The van der Waals surface area contributed by atoms with E-state index in [2.05, 4.69) is 15.7 Å². The number of rotatable bonds is 7. The van der Waals surface area contributed by atoms with Crippen LogP contribution in [0.4, 0.5) is 10.5 Å². The molecular weight excluding hydrogens is 374 g/mol. The summed E-state index contributed by atoms with van der Waals surface area (Å²) in [4.78, 5) is 46.4. The first-order valence-corrected chi connectivity index (χ1v) is 8.47. The highest BCUT2D eigenvalue weighted by atomic mass is 16.6. The van der Waals surface area contributed by atoms with Crippen LogP contribution < -0.4 is 10.6 Å². The van der Waals surface area contributed by atoms with Crippen LogP contribution in [0.1, 0.15) is 25.2 Å². The Hall–Kier alpha value is -3.44. The van der Waals surface area contributed by atoms with Crippen LogP contribution in [-0.4, -0.2) is 51.9 Å². The Balaban J connectivity index is 2.12. The first-order valence-electron chi connectivity index (χ1n) is 8.47. The van der Waals surface area contributed by atoms with Crippen molar-refractivity contribution in [2.75, 3.05) is 13.2 Å². The van der Waals surface area contributed by atoms with Crippen LogP contribution in [0.15, 0.2) is 11.3 Å². The summed E-state index contributed by atoms with van der Waals surface area (Å²) in [7, 11) is 0. The molecule has 12 nitrogen and oxygen atoms in total. The van der Waals surface area contributed by atoms with Crippen LogP contribution in [0.25, 0.3) is 0 Å². The van der Waals surface area contributed by atoms with Gasteiger partial charge in [0, 0.05) is 0 Å². The number of amides is 2. The first-order chi connectivity index (χ1) is 13.1. The van der Waals surface area contributed by atoms with Crippen LogP contribution in [0.5, 0.6) is 0 Å². The number of nitrogens with zero attached hydrogens (tertiary/aromatic N) is 3. The lowest BCUT2D eigenvalue weighted by molar-refractivity contribution is -0.386. The van der Waals surface area contributed by atoms with Crippen molar-refractivity contribution < 1.29 is 28.8 Å². The molecule has 2 amide bonds. The van der Waals surface area contributed by atoms with Gasteiger partial charge in [0.2, 0.25) is 0 Å². The number of hydrogen-bond acceptors (Lipinski definition) is 8. The molecular formula is C16H21N5O7. The van der Waals surface area contributed by atoms with E-state index in [0.29, 0.717) is 0 Å². The standard InChI is InChI=1S/C16H21N5O7/c1-5-27-15(23)13-8(2)17-16(24)18-11(13)7-28-12(22)6-20-10(4)14(21(25)26)9(3)19-20/h8H,5-7H2,1-4H3,(H2,17,18,24)/t8-/m0/s1. The molecule has 0 aromatic carbocycles. The molecule has 2 N–H and O–H groups in total. The topological polar surface area (TPSA) is 155 Å². The van der Waals surface area contributed by atoms with E-state index in [4.69, 9.17) is 9.47 Å². The summed E-state index contributed by atoms with van der Waals surface area (Å²) in [5.41, 5.74) is 0.495. The summed E-state index contributed by atoms with van der Waals surface area (Å²) in [6, 6.07) is -1.17. The second-order valence-electron chi connectivity index (χ2n) is 6.03. The van der Waals surface area contributed by atoms with E-state index >= 15 is 0 Å². The van der Waals surface area contributed by atoms with Crippen molar-refractivity contribution in [2.45, 2.75) is 40.3 Å². The number of carbonyl (C=O) groups is 3. The van der Waals surface area contributed by atoms with Gasteiger partial charge in [0.25, 0.3) is 0 Å². The molecule has 0 radical (unpaired) electrons. The molecule has 0 saturated carbocycles. The predicted molar refractivity (Wildman–Crippen MR) is 94.1 cm³/mol. The highest BCUT2D eigenvalue weighted by Crippen LogP contribution is 2.21. The fraction of sp³-hybridized carbons (Fsp3) is 0.500. The number of esters is 2. The predicted octanol–water partition coefficient (Wildman–Crippen LogP) is 0.470. The highest BCUT2D eigenvalue weighted by molar-refractivity contribution is 5.94. The van der Waals surface area contributed by atoms with Gasteiger partial charge in [0.05, 0.1) is 28.8 Å². The molecule has 0 aliphatic carbocycles. The van der Waals surface area contributed by atoms with E-state index in [-0.39, 0.29) is 48.1 Å². The molecule has 1 aliphatic heterocycles. The van der Waals surface area contributed by atoms with Crippen molar-refractivity contribution in [3.63, 3.8) is 0 Å². The second-order valence-corrected chi connectivity index (χ2v) is 6.03. The molecule has 0 spiro atoms. The Morgan fingerprint density at radius 3 is 2.57 bits per heavy atom. The van der Waals surface area contributed by atoms with Gasteiger partial charge in [-0.2, -0.15) is 5.10 Å². The van der Waals surface area contributed by atoms with Crippen molar-refractivity contribution in [3.8, 4) is 0 Å². The van der Waals surface area contributed by atoms with Crippen LogP contribution in [0.3, 0.4) is 0 Å². The lowest BCUT2D eigenvalue weighted by atomic mass is 10.0. The first kappa shape index (κ1) is 20.9. The second kappa shape index (κ2) is 8.50. The van der Waals surface area contributed by atoms with Crippen molar-refractivity contribution in [1.29, 1.82) is 0 Å². The average molecular weight is 395 g/mol. The molecule has 12 heteroatoms. The van der Waals surface area contributed by atoms with E-state index in [1.807, 2.05) is 0 Å². The third-order valence-electron chi connectivity index (χ3n) is 4.05. The van der Waals surface area contributed by atoms with E-state index in [9.17, 15) is 24.5 Å². The van der Waals surface area contributed by atoms with Gasteiger partial charge in [0.15, 0.2) is 0 Å². The van der Waals surface area contributed by atoms with Crippen molar-refractivity contribution >= 4 is 23.7 Å². The Bertz CT molecular complexity index is 858. The highest BCUT2D eigenvalue weighted by Gasteiger charge is 2.30. The van der Waals surface area contributed by atoms with Crippen molar-refractivity contribution in [3.05, 3.63) is 32.8 Å². The number of hydrogen-bond donors (Lipinski definition) is 2. The molecule has 2 rings (SSSR count). The van der Waals surface area contributed by atoms with E-state index < -0.39 is 28.9 Å². The third kappa shape index (κ3) is 4.45. The number of aromatic nitrogens is 2. The number of nitrogens with one attached hydrogen (secondary N) is 2. The Morgan fingerprint density at radius 1 is 1.32 bits per heavy atom. The molecule has 0 saturated heterocycles. The fourth-order valence-electron chi connectivity index (χ4n) is 2.82. The van der Waals surface area contributed by atoms with Gasteiger partial charge < -0.3 is 20.1 Å². The summed E-state index contributed by atoms with van der Waals surface area (Å²) in [6.45, 7) is 5.60. The minimum atomic E-state index is -0.739. The zero-order chi connectivity index (χ0) is 21.0. The molecule has 0 bridgehead atoms. The minimum absolute atomic E-state index is 0.113. The van der Waals surface area contributed by atoms with Gasteiger partial charge in [-0.05, 0) is 27.7 Å². The SMILES string of the molecule is CCOC(=O)C1=C(COC(=O)Cn2nc(C)c([N+](=O)[O-])c2C)NC(=O)N[C@H]1C. The van der Waals surface area contributed by atoms with Crippen LogP contribution in [0, 0.1) is 24.0 Å². The summed E-state index contributed by atoms with van der Waals surface area (Å²) < 4.78 is 11.3. The third-order valence-corrected chi connectivity index (χ3v) is 4.05. The summed E-state index contributed by atoms with van der Waals surface area (Å²) in [5.74, 6) is -1.38. The van der Waals surface area contributed by atoms with Crippen LogP contribution in [-0.2, 0) is 25.6 Å². The number of nitro groups is 1. The number of urea groups is 1. The van der Waals surface area contributed by atoms with Crippen LogP contribution >= 0.6 is 0 Å². The zero-order valence-electron chi connectivity index (χ0n) is 15.9. The average Bonchev–Trinajstić information content (AvgIpc) is 2.86. The molecule has 1 aliphatic rings. The van der Waals surface area contributed by atoms with Crippen molar-refractivity contribution in [2.24, 2.45) is 0 Å². The Kier molecular flexibility index (Phi) is 6.33. The van der Waals surface area contributed by atoms with E-state index in [1.165, 1.54) is 18.5 Å². The molecule has 1 atom stereocenters. The molecule has 0 unspecified atom stereocenters. The molecule has 1 aromatic rings. The molecule has 2 heterocycles. The fourth-order valence-corrected chi connectivity index (χ4v) is 2.82. The van der Waals surface area contributed by atoms with E-state index in [0.717, 1.165) is 0 Å². The monoisotopic (exact) mass is 395 g/mol. The Labute approximate surface area is 160 Å². The lowest BCUT2D eigenvalue weighted by Gasteiger charge is -2.26. The normalized spacial score (nSPS) is 16.3. The maximum absolute atomic E-state index is 12.1. The van der Waals surface area contributed by atoms with Gasteiger partial charge in [-0.1, -0.05) is 0 Å². The molecule has 152 valence electrons. The summed E-state index contributed by atoms with van der Waals surface area (Å²) in [6.07, 6.45) is 0. The van der Waals surface area contributed by atoms with Gasteiger partial charge in [0.1, 0.15) is 24.5 Å². The van der Waals surface area contributed by atoms with Crippen LogP contribution in [0.2, 0.25) is 0 Å². The van der Waals surface area contributed by atoms with Gasteiger partial charge in [-0.3, -0.25) is 19.6 Å². The molecule has 0 fully saturated rings. The minimum Gasteiger partial charge on any atom is -0.463 e. The Morgan fingerprint density at radius 2 is 2.00 bits per heavy atom. The molecule has 1 aromatic heterocycles. The number of carbonyl (C=O) groups excluding carboxylic acids is 3. The lowest BCUT2D eigenvalue weighted by Crippen LogP contribution is -2.50.